The van der Waals surface area contributed by atoms with Gasteiger partial charge in [-0.05, 0) is 112 Å². The van der Waals surface area contributed by atoms with Gasteiger partial charge in [0.2, 0.25) is 0 Å². The monoisotopic (exact) mass is 447 g/mol. The zero-order chi connectivity index (χ0) is 22.9. The fourth-order valence-electron chi connectivity index (χ4n) is 9.13. The molecule has 4 aliphatic carbocycles. The Morgan fingerprint density at radius 1 is 1.12 bits per heavy atom. The molecule has 0 bridgehead atoms. The normalized spacial score (nSPS) is 44.7. The van der Waals surface area contributed by atoms with Crippen molar-refractivity contribution in [1.29, 1.82) is 0 Å². The molecule has 0 spiro atoms. The Morgan fingerprint density at radius 3 is 2.62 bits per heavy atom. The standard InChI is InChI=1S/C27H49N3O2/c1-5-32-18-27(31)13-11-21-20(16-27)6-7-23-22(21)10-12-26(3)24(8-9-25(23)26)19(2)17-30(29-4)15-14-28/h14-15,19-25,29,31H,5-13,16-18,28H2,1-4H3/b15-14-/t19-,20+,21-,22+,23+,24+,25-,26+,27+/m0/s1. The Hall–Kier alpha value is -0.780. The average Bonchev–Trinajstić information content (AvgIpc) is 3.14. The minimum atomic E-state index is -0.571. The summed E-state index contributed by atoms with van der Waals surface area (Å²) in [5, 5.41) is 13.3. The number of nitrogens with zero attached hydrogens (tertiary/aromatic N) is 1. The molecule has 5 heteroatoms. The van der Waals surface area contributed by atoms with Gasteiger partial charge in [-0.3, -0.25) is 0 Å². The van der Waals surface area contributed by atoms with E-state index in [0.717, 1.165) is 49.0 Å². The van der Waals surface area contributed by atoms with Crippen molar-refractivity contribution in [2.75, 3.05) is 26.8 Å². The topological polar surface area (TPSA) is 70.8 Å². The second-order valence-electron chi connectivity index (χ2n) is 12.0. The molecule has 0 aliphatic heterocycles. The third-order valence-electron chi connectivity index (χ3n) is 10.5. The first-order valence-electron chi connectivity index (χ1n) is 13.5. The molecule has 0 aromatic carbocycles. The molecule has 0 aromatic rings. The molecule has 4 saturated carbocycles. The van der Waals surface area contributed by atoms with Crippen LogP contribution < -0.4 is 11.2 Å². The maximum atomic E-state index is 11.1. The van der Waals surface area contributed by atoms with Gasteiger partial charge in [-0.1, -0.05) is 13.8 Å². The number of aliphatic hydroxyl groups is 1. The van der Waals surface area contributed by atoms with E-state index >= 15 is 0 Å². The van der Waals surface area contributed by atoms with Crippen LogP contribution in [0, 0.1) is 46.8 Å². The van der Waals surface area contributed by atoms with E-state index in [0.29, 0.717) is 30.5 Å². The van der Waals surface area contributed by atoms with Gasteiger partial charge in [0.1, 0.15) is 0 Å². The quantitative estimate of drug-likeness (QED) is 0.477. The number of hydrazine groups is 1. The minimum absolute atomic E-state index is 0.490. The van der Waals surface area contributed by atoms with Gasteiger partial charge < -0.3 is 20.6 Å². The van der Waals surface area contributed by atoms with Gasteiger partial charge in [0.15, 0.2) is 0 Å². The number of hydrogen-bond acceptors (Lipinski definition) is 5. The van der Waals surface area contributed by atoms with E-state index in [4.69, 9.17) is 10.5 Å². The van der Waals surface area contributed by atoms with Gasteiger partial charge in [-0.2, -0.15) is 0 Å². The molecule has 9 atom stereocenters. The highest BCUT2D eigenvalue weighted by molar-refractivity contribution is 5.08. The van der Waals surface area contributed by atoms with Crippen LogP contribution in [-0.2, 0) is 4.74 Å². The lowest BCUT2D eigenvalue weighted by Gasteiger charge is -2.57. The first-order valence-corrected chi connectivity index (χ1v) is 13.5. The van der Waals surface area contributed by atoms with Crippen molar-refractivity contribution in [3.05, 3.63) is 12.4 Å². The third-order valence-corrected chi connectivity index (χ3v) is 10.5. The van der Waals surface area contributed by atoms with Gasteiger partial charge in [0, 0.05) is 32.6 Å². The van der Waals surface area contributed by atoms with Crippen LogP contribution in [0.4, 0.5) is 0 Å². The summed E-state index contributed by atoms with van der Waals surface area (Å²) >= 11 is 0. The van der Waals surface area contributed by atoms with Crippen molar-refractivity contribution in [2.24, 2.45) is 52.6 Å². The summed E-state index contributed by atoms with van der Waals surface area (Å²) in [7, 11) is 1.98. The molecule has 4 N–H and O–H groups in total. The van der Waals surface area contributed by atoms with E-state index < -0.39 is 5.60 Å². The van der Waals surface area contributed by atoms with Crippen molar-refractivity contribution in [2.45, 2.75) is 84.2 Å². The summed E-state index contributed by atoms with van der Waals surface area (Å²) in [5.74, 6) is 5.71. The van der Waals surface area contributed by atoms with Crippen molar-refractivity contribution >= 4 is 0 Å². The maximum Gasteiger partial charge on any atom is 0.0883 e. The van der Waals surface area contributed by atoms with E-state index in [1.807, 2.05) is 20.2 Å². The molecule has 0 heterocycles. The van der Waals surface area contributed by atoms with Crippen molar-refractivity contribution in [1.82, 2.24) is 10.4 Å². The number of nitrogens with two attached hydrogens (primary N) is 1. The van der Waals surface area contributed by atoms with Crippen LogP contribution in [0.5, 0.6) is 0 Å². The van der Waals surface area contributed by atoms with E-state index in [-0.39, 0.29) is 0 Å². The second kappa shape index (κ2) is 9.84. The molecule has 0 unspecified atom stereocenters. The number of fused-ring (bicyclic) bond motifs is 5. The summed E-state index contributed by atoms with van der Waals surface area (Å²) in [6.45, 7) is 9.38. The van der Waals surface area contributed by atoms with Crippen molar-refractivity contribution < 1.29 is 9.84 Å². The van der Waals surface area contributed by atoms with Gasteiger partial charge in [-0.25, -0.2) is 5.43 Å². The predicted octanol–water partition coefficient (Wildman–Crippen LogP) is 4.53. The van der Waals surface area contributed by atoms with Crippen LogP contribution in [0.3, 0.4) is 0 Å². The molecule has 5 nitrogen and oxygen atoms in total. The predicted molar refractivity (Wildman–Crippen MR) is 130 cm³/mol. The smallest absolute Gasteiger partial charge is 0.0883 e. The highest BCUT2D eigenvalue weighted by Gasteiger charge is 2.58. The van der Waals surface area contributed by atoms with Crippen LogP contribution in [0.1, 0.15) is 78.6 Å². The lowest BCUT2D eigenvalue weighted by molar-refractivity contribution is -0.129. The van der Waals surface area contributed by atoms with Crippen LogP contribution in [0.2, 0.25) is 0 Å². The van der Waals surface area contributed by atoms with E-state index in [2.05, 4.69) is 24.3 Å². The fourth-order valence-corrected chi connectivity index (χ4v) is 9.13. The Kier molecular flexibility index (Phi) is 7.48. The van der Waals surface area contributed by atoms with Crippen LogP contribution in [0.25, 0.3) is 0 Å². The maximum absolute atomic E-state index is 11.1. The van der Waals surface area contributed by atoms with Gasteiger partial charge in [0.25, 0.3) is 0 Å². The second-order valence-corrected chi connectivity index (χ2v) is 12.0. The molecular weight excluding hydrogens is 398 g/mol. The summed E-state index contributed by atoms with van der Waals surface area (Å²) in [4.78, 5) is 0. The number of ether oxygens (including phenoxy) is 1. The largest absolute Gasteiger partial charge is 0.403 e. The Balaban J connectivity index is 1.42. The zero-order valence-electron chi connectivity index (χ0n) is 21.1. The molecule has 4 fully saturated rings. The molecule has 0 amide bonds. The van der Waals surface area contributed by atoms with Crippen LogP contribution in [-0.4, -0.2) is 42.5 Å². The summed E-state index contributed by atoms with van der Waals surface area (Å²) in [6.07, 6.45) is 15.0. The highest BCUT2D eigenvalue weighted by atomic mass is 16.5. The fraction of sp³-hybridized carbons (Fsp3) is 0.926. The summed E-state index contributed by atoms with van der Waals surface area (Å²) in [5.41, 5.74) is 8.84. The molecule has 4 rings (SSSR count). The van der Waals surface area contributed by atoms with Gasteiger partial charge in [0.05, 0.1) is 12.2 Å². The van der Waals surface area contributed by atoms with Crippen molar-refractivity contribution in [3.8, 4) is 0 Å². The highest BCUT2D eigenvalue weighted by Crippen LogP contribution is 2.65. The minimum Gasteiger partial charge on any atom is -0.403 e. The Bertz CT molecular complexity index is 657. The molecule has 184 valence electrons. The third kappa shape index (κ3) is 4.46. The summed E-state index contributed by atoms with van der Waals surface area (Å²) in [6, 6.07) is 0. The SMILES string of the molecule is CCOC[C@@]1(O)CC[C@H]2[C@H](CC[C@@H]3[C@@H]2CC[C@]2(C)[C@@H]([C@@H](C)CN(/C=C\N)NC)CC[C@@H]32)C1. The van der Waals surface area contributed by atoms with E-state index in [1.165, 1.54) is 44.9 Å². The molecule has 32 heavy (non-hydrogen) atoms. The molecule has 0 aromatic heterocycles. The number of rotatable bonds is 8. The van der Waals surface area contributed by atoms with Crippen LogP contribution >= 0.6 is 0 Å². The lowest BCUT2D eigenvalue weighted by Crippen LogP contribution is -2.52. The molecule has 0 saturated heterocycles. The lowest BCUT2D eigenvalue weighted by atomic mass is 9.48. The number of hydrogen-bond donors (Lipinski definition) is 3. The van der Waals surface area contributed by atoms with Crippen molar-refractivity contribution in [3.63, 3.8) is 0 Å². The first kappa shape index (κ1) is 24.3. The average molecular weight is 448 g/mol. The summed E-state index contributed by atoms with van der Waals surface area (Å²) < 4.78 is 5.65. The molecular formula is C27H49N3O2. The zero-order valence-corrected chi connectivity index (χ0v) is 21.1. The Labute approximate surface area is 196 Å². The number of nitrogens with one attached hydrogen (secondary N) is 1. The first-order chi connectivity index (χ1) is 15.3. The van der Waals surface area contributed by atoms with Crippen LogP contribution in [0.15, 0.2) is 12.4 Å². The Morgan fingerprint density at radius 2 is 1.91 bits per heavy atom. The molecule has 0 radical (unpaired) electrons. The van der Waals surface area contributed by atoms with Gasteiger partial charge >= 0.3 is 0 Å². The molecule has 4 aliphatic rings. The van der Waals surface area contributed by atoms with E-state index in [1.54, 1.807) is 6.20 Å². The van der Waals surface area contributed by atoms with E-state index in [9.17, 15) is 5.11 Å². The van der Waals surface area contributed by atoms with Gasteiger partial charge in [-0.15, -0.1) is 0 Å².